The van der Waals surface area contributed by atoms with Crippen LogP contribution < -0.4 is 10.5 Å². The molecule has 1 amide bonds. The van der Waals surface area contributed by atoms with Crippen LogP contribution in [0.4, 0.5) is 18.9 Å². The summed E-state index contributed by atoms with van der Waals surface area (Å²) in [5.41, 5.74) is -0.332. The van der Waals surface area contributed by atoms with Gasteiger partial charge in [-0.2, -0.15) is 18.4 Å². The van der Waals surface area contributed by atoms with E-state index in [0.29, 0.717) is 6.07 Å². The summed E-state index contributed by atoms with van der Waals surface area (Å²) >= 11 is 0.730. The van der Waals surface area contributed by atoms with Gasteiger partial charge in [0.25, 0.3) is 5.91 Å². The standard InChI is InChI=1S/C19H13F3N4O3S/c20-19(21,22)12-6-14-16(15(7-12)26(28)29)30-18(25-14)17(27)24-9-10-5-11-3-1-2-4-13(11)23-8-10/h1-8,26,28H,9H2,(H,24,27). The zero-order chi connectivity index (χ0) is 21.5. The van der Waals surface area contributed by atoms with E-state index in [1.54, 1.807) is 6.20 Å². The molecule has 2 aromatic heterocycles. The molecule has 7 nitrogen and oxygen atoms in total. The lowest BCUT2D eigenvalue weighted by Crippen LogP contribution is -2.99. The van der Waals surface area contributed by atoms with Crippen molar-refractivity contribution in [2.45, 2.75) is 12.7 Å². The number of hydrogen-bond acceptors (Lipinski definition) is 6. The third-order valence-corrected chi connectivity index (χ3v) is 5.45. The number of para-hydroxylation sites is 1. The summed E-state index contributed by atoms with van der Waals surface area (Å²) in [5.74, 6) is -0.616. The molecule has 0 saturated heterocycles. The first-order chi connectivity index (χ1) is 14.2. The van der Waals surface area contributed by atoms with E-state index in [2.05, 4.69) is 15.3 Å². The molecule has 4 rings (SSSR count). The molecular weight excluding hydrogens is 421 g/mol. The molecule has 0 fully saturated rings. The molecule has 0 radical (unpaired) electrons. The number of carbonyl (C=O) groups is 1. The van der Waals surface area contributed by atoms with Crippen LogP contribution >= 0.6 is 11.3 Å². The molecular formula is C19H13F3N4O3S. The Kier molecular flexibility index (Phi) is 5.12. The van der Waals surface area contributed by atoms with Gasteiger partial charge in [0.1, 0.15) is 4.70 Å². The molecule has 0 saturated carbocycles. The number of alkyl halides is 3. The first kappa shape index (κ1) is 20.2. The highest BCUT2D eigenvalue weighted by atomic mass is 32.1. The Labute approximate surface area is 170 Å². The lowest BCUT2D eigenvalue weighted by atomic mass is 10.1. The van der Waals surface area contributed by atoms with E-state index in [-0.39, 0.29) is 21.8 Å². The van der Waals surface area contributed by atoms with Gasteiger partial charge < -0.3 is 10.5 Å². The van der Waals surface area contributed by atoms with Crippen LogP contribution in [-0.2, 0) is 12.7 Å². The Morgan fingerprint density at radius 2 is 1.97 bits per heavy atom. The zero-order valence-electron chi connectivity index (χ0n) is 15.0. The van der Waals surface area contributed by atoms with E-state index in [0.717, 1.165) is 33.9 Å². The molecule has 4 aromatic rings. The average molecular weight is 434 g/mol. The van der Waals surface area contributed by atoms with Gasteiger partial charge in [0.15, 0.2) is 10.7 Å². The van der Waals surface area contributed by atoms with Crippen LogP contribution in [0.5, 0.6) is 0 Å². The number of halogens is 3. The minimum absolute atomic E-state index is 0.00743. The first-order valence-electron chi connectivity index (χ1n) is 8.59. The van der Waals surface area contributed by atoms with Crippen molar-refractivity contribution in [3.05, 3.63) is 70.0 Å². The van der Waals surface area contributed by atoms with Gasteiger partial charge in [-0.25, -0.2) is 10.2 Å². The smallest absolute Gasteiger partial charge is 0.416 e. The van der Waals surface area contributed by atoms with Crippen LogP contribution in [0, 0.1) is 5.21 Å². The van der Waals surface area contributed by atoms with E-state index in [9.17, 15) is 28.4 Å². The molecule has 0 bridgehead atoms. The number of rotatable bonds is 4. The lowest BCUT2D eigenvalue weighted by molar-refractivity contribution is -0.990. The van der Waals surface area contributed by atoms with E-state index in [4.69, 9.17) is 0 Å². The lowest BCUT2D eigenvalue weighted by Gasteiger charge is -2.14. The summed E-state index contributed by atoms with van der Waals surface area (Å²) in [6, 6.07) is 10.6. The van der Waals surface area contributed by atoms with Crippen molar-refractivity contribution in [3.8, 4) is 0 Å². The molecule has 2 aromatic carbocycles. The number of carbonyl (C=O) groups excluding carboxylic acids is 1. The fraction of sp³-hybridized carbons (Fsp3) is 0.105. The van der Waals surface area contributed by atoms with Crippen molar-refractivity contribution in [3.63, 3.8) is 0 Å². The fourth-order valence-electron chi connectivity index (χ4n) is 2.92. The van der Waals surface area contributed by atoms with Crippen LogP contribution in [0.3, 0.4) is 0 Å². The number of thiazole rings is 1. The molecule has 154 valence electrons. The highest BCUT2D eigenvalue weighted by Gasteiger charge is 2.33. The molecule has 0 aliphatic carbocycles. The number of quaternary nitrogens is 1. The second-order valence-corrected chi connectivity index (χ2v) is 7.41. The Morgan fingerprint density at radius 3 is 2.70 bits per heavy atom. The highest BCUT2D eigenvalue weighted by Crippen LogP contribution is 2.36. The number of hydrogen-bond donors (Lipinski definition) is 3. The summed E-state index contributed by atoms with van der Waals surface area (Å²) in [7, 11) is 0. The zero-order valence-corrected chi connectivity index (χ0v) is 15.8. The highest BCUT2D eigenvalue weighted by molar-refractivity contribution is 7.20. The summed E-state index contributed by atoms with van der Waals surface area (Å²) < 4.78 is 39.1. The topological polar surface area (TPSA) is 103 Å². The normalized spacial score (nSPS) is 13.0. The Bertz CT molecular complexity index is 1260. The van der Waals surface area contributed by atoms with Gasteiger partial charge in [-0.05, 0) is 23.8 Å². The summed E-state index contributed by atoms with van der Waals surface area (Å²) in [5, 5.41) is 22.5. The van der Waals surface area contributed by atoms with Crippen molar-refractivity contribution in [2.24, 2.45) is 0 Å². The second kappa shape index (κ2) is 7.61. The maximum atomic E-state index is 13.0. The van der Waals surface area contributed by atoms with E-state index >= 15 is 0 Å². The number of benzene rings is 2. The number of fused-ring (bicyclic) bond motifs is 2. The second-order valence-electron chi connectivity index (χ2n) is 6.41. The Morgan fingerprint density at radius 1 is 1.20 bits per heavy atom. The first-order valence-corrected chi connectivity index (χ1v) is 9.41. The monoisotopic (exact) mass is 434 g/mol. The average Bonchev–Trinajstić information content (AvgIpc) is 3.14. The number of pyridine rings is 1. The largest absolute Gasteiger partial charge is 0.595 e. The third-order valence-electron chi connectivity index (χ3n) is 4.34. The molecule has 30 heavy (non-hydrogen) atoms. The third kappa shape index (κ3) is 3.96. The van der Waals surface area contributed by atoms with E-state index in [1.165, 1.54) is 0 Å². The van der Waals surface area contributed by atoms with Crippen molar-refractivity contribution < 1.29 is 28.4 Å². The predicted octanol–water partition coefficient (Wildman–Crippen LogP) is 3.20. The minimum Gasteiger partial charge on any atom is -0.595 e. The van der Waals surface area contributed by atoms with E-state index < -0.39 is 28.6 Å². The van der Waals surface area contributed by atoms with Crippen molar-refractivity contribution in [2.75, 3.05) is 0 Å². The number of amides is 1. The summed E-state index contributed by atoms with van der Waals surface area (Å²) in [6.07, 6.45) is -3.12. The molecule has 0 aliphatic heterocycles. The Hall–Kier alpha value is -3.12. The van der Waals surface area contributed by atoms with Gasteiger partial charge in [0, 0.05) is 24.2 Å². The number of nitrogens with one attached hydrogen (secondary N) is 2. The van der Waals surface area contributed by atoms with Crippen LogP contribution in [0.1, 0.15) is 20.9 Å². The number of nitrogens with zero attached hydrogens (tertiary/aromatic N) is 2. The van der Waals surface area contributed by atoms with Crippen LogP contribution in [0.2, 0.25) is 0 Å². The SMILES string of the molecule is O=C(NCc1cnc2ccccc2c1)c1nc2cc(C(F)(F)F)cc([NH+]([O-])O)c2s1. The fourth-order valence-corrected chi connectivity index (χ4v) is 3.89. The van der Waals surface area contributed by atoms with Gasteiger partial charge in [-0.3, -0.25) is 9.78 Å². The van der Waals surface area contributed by atoms with Crippen LogP contribution in [0.15, 0.2) is 48.7 Å². The number of aromatic nitrogens is 2. The Balaban J connectivity index is 1.60. The maximum absolute atomic E-state index is 13.0. The molecule has 1 unspecified atom stereocenters. The van der Waals surface area contributed by atoms with E-state index in [1.807, 2.05) is 30.3 Å². The van der Waals surface area contributed by atoms with Crippen LogP contribution in [-0.4, -0.2) is 21.1 Å². The minimum atomic E-state index is -4.73. The van der Waals surface area contributed by atoms with Gasteiger partial charge in [0.2, 0.25) is 0 Å². The summed E-state index contributed by atoms with van der Waals surface area (Å²) in [6.45, 7) is 0.131. The maximum Gasteiger partial charge on any atom is 0.416 e. The molecule has 1 atom stereocenters. The molecule has 0 spiro atoms. The van der Waals surface area contributed by atoms with Gasteiger partial charge in [-0.1, -0.05) is 18.2 Å². The molecule has 2 heterocycles. The van der Waals surface area contributed by atoms with Crippen molar-refractivity contribution in [1.82, 2.24) is 15.3 Å². The summed E-state index contributed by atoms with van der Waals surface area (Å²) in [4.78, 5) is 20.7. The van der Waals surface area contributed by atoms with Gasteiger partial charge in [0.05, 0.1) is 16.6 Å². The van der Waals surface area contributed by atoms with Gasteiger partial charge >= 0.3 is 6.18 Å². The molecule has 3 N–H and O–H groups in total. The van der Waals surface area contributed by atoms with Gasteiger partial charge in [-0.15, -0.1) is 11.3 Å². The molecule has 11 heteroatoms. The quantitative estimate of drug-likeness (QED) is 0.428. The van der Waals surface area contributed by atoms with Crippen molar-refractivity contribution >= 4 is 44.1 Å². The van der Waals surface area contributed by atoms with Crippen LogP contribution in [0.25, 0.3) is 21.1 Å². The molecule has 0 aliphatic rings. The van der Waals surface area contributed by atoms with Crippen molar-refractivity contribution in [1.29, 1.82) is 0 Å². The predicted molar refractivity (Wildman–Crippen MR) is 103 cm³/mol.